The minimum atomic E-state index is -0.651. The van der Waals surface area contributed by atoms with E-state index in [2.05, 4.69) is 0 Å². The van der Waals surface area contributed by atoms with Crippen LogP contribution in [0.5, 0.6) is 28.7 Å². The van der Waals surface area contributed by atoms with Gasteiger partial charge in [-0.3, -0.25) is 4.79 Å². The lowest BCUT2D eigenvalue weighted by molar-refractivity contribution is -0.0122. The summed E-state index contributed by atoms with van der Waals surface area (Å²) in [5, 5.41) is 39.0. The van der Waals surface area contributed by atoms with Crippen molar-refractivity contribution in [3.05, 3.63) is 76.5 Å². The maximum Gasteiger partial charge on any atom is 0.197 e. The van der Waals surface area contributed by atoms with E-state index >= 15 is 0 Å². The highest BCUT2D eigenvalue weighted by Crippen LogP contribution is 2.42. The van der Waals surface area contributed by atoms with E-state index in [-0.39, 0.29) is 40.6 Å². The second kappa shape index (κ2) is 7.51. The van der Waals surface area contributed by atoms with Crippen molar-refractivity contribution < 1.29 is 34.3 Å². The number of aromatic hydroxyl groups is 3. The molecule has 0 saturated carbocycles. The van der Waals surface area contributed by atoms with Crippen molar-refractivity contribution in [2.24, 2.45) is 0 Å². The number of benzene rings is 3. The summed E-state index contributed by atoms with van der Waals surface area (Å²) < 4.78 is 17.8. The average molecular weight is 434 g/mol. The van der Waals surface area contributed by atoms with Crippen molar-refractivity contribution in [1.29, 1.82) is 0 Å². The second-order valence-electron chi connectivity index (χ2n) is 7.44. The molecule has 8 heteroatoms. The van der Waals surface area contributed by atoms with E-state index in [1.54, 1.807) is 30.3 Å². The fourth-order valence-electron chi connectivity index (χ4n) is 3.76. The third-order valence-corrected chi connectivity index (χ3v) is 5.29. The van der Waals surface area contributed by atoms with E-state index in [1.807, 2.05) is 0 Å². The Bertz CT molecular complexity index is 1370. The number of hydrogen-bond acceptors (Lipinski definition) is 8. The lowest BCUT2D eigenvalue weighted by Crippen LogP contribution is -2.36. The summed E-state index contributed by atoms with van der Waals surface area (Å²) >= 11 is 0. The lowest BCUT2D eigenvalue weighted by atomic mass is 10.0. The first-order valence-electron chi connectivity index (χ1n) is 9.80. The highest BCUT2D eigenvalue weighted by molar-refractivity contribution is 5.86. The zero-order valence-corrected chi connectivity index (χ0v) is 16.6. The summed E-state index contributed by atoms with van der Waals surface area (Å²) in [6.07, 6.45) is -1.27. The van der Waals surface area contributed by atoms with Crippen LogP contribution in [0.3, 0.4) is 0 Å². The van der Waals surface area contributed by atoms with Crippen molar-refractivity contribution in [2.45, 2.75) is 12.2 Å². The molecule has 0 spiro atoms. The molecule has 3 aromatic carbocycles. The van der Waals surface area contributed by atoms with Gasteiger partial charge in [-0.2, -0.15) is 0 Å². The van der Waals surface area contributed by atoms with Crippen LogP contribution < -0.4 is 14.9 Å². The molecule has 1 aliphatic heterocycles. The summed E-state index contributed by atoms with van der Waals surface area (Å²) in [4.78, 5) is 12.5. The number of hydrogen-bond donors (Lipinski definition) is 4. The number of fused-ring (bicyclic) bond motifs is 2. The van der Waals surface area contributed by atoms with Crippen LogP contribution >= 0.6 is 0 Å². The van der Waals surface area contributed by atoms with Gasteiger partial charge >= 0.3 is 0 Å². The number of rotatable bonds is 3. The molecule has 0 saturated heterocycles. The summed E-state index contributed by atoms with van der Waals surface area (Å²) in [5.74, 6) is 0.521. The van der Waals surface area contributed by atoms with Gasteiger partial charge in [0, 0.05) is 23.8 Å². The van der Waals surface area contributed by atoms with Crippen LogP contribution in [0.2, 0.25) is 0 Å². The Hall–Kier alpha value is -4.17. The normalized spacial score (nSPS) is 17.4. The van der Waals surface area contributed by atoms with Crippen molar-refractivity contribution >= 4 is 11.0 Å². The highest BCUT2D eigenvalue weighted by Gasteiger charge is 2.33. The van der Waals surface area contributed by atoms with Gasteiger partial charge in [-0.15, -0.1) is 0 Å². The maximum absolute atomic E-state index is 12.5. The summed E-state index contributed by atoms with van der Waals surface area (Å²) in [7, 11) is 0. The molecule has 32 heavy (non-hydrogen) atoms. The third kappa shape index (κ3) is 3.36. The quantitative estimate of drug-likeness (QED) is 0.386. The van der Waals surface area contributed by atoms with E-state index in [0.717, 1.165) is 6.07 Å². The average Bonchev–Trinajstić information content (AvgIpc) is 2.77. The second-order valence-corrected chi connectivity index (χ2v) is 7.44. The van der Waals surface area contributed by atoms with Gasteiger partial charge < -0.3 is 34.3 Å². The van der Waals surface area contributed by atoms with Gasteiger partial charge in [0.25, 0.3) is 0 Å². The van der Waals surface area contributed by atoms with Crippen LogP contribution in [-0.2, 0) is 0 Å². The van der Waals surface area contributed by atoms with E-state index in [9.17, 15) is 25.2 Å². The molecule has 4 aromatic rings. The molecular weight excluding hydrogens is 416 g/mol. The van der Waals surface area contributed by atoms with Crippen LogP contribution in [0.25, 0.3) is 22.3 Å². The lowest BCUT2D eigenvalue weighted by Gasteiger charge is -2.33. The van der Waals surface area contributed by atoms with Crippen LogP contribution in [-0.4, -0.2) is 33.1 Å². The number of phenols is 3. The van der Waals surface area contributed by atoms with Crippen LogP contribution in [0.4, 0.5) is 0 Å². The Morgan fingerprint density at radius 1 is 0.812 bits per heavy atom. The Kier molecular flexibility index (Phi) is 4.64. The highest BCUT2D eigenvalue weighted by atomic mass is 16.6. The standard InChI is InChI=1S/C24H18O8/c25-11-22-24(12-1-4-14(26)5-2-12)32-20-7-13(3-6-18(20)30-22)19-10-17(29)23-16(28)8-15(27)9-21(23)31-19/h1-10,22,24-28H,11H2/t22-,24-/m1/s1. The molecule has 1 aromatic heterocycles. The minimum absolute atomic E-state index is 0.0257. The third-order valence-electron chi connectivity index (χ3n) is 5.29. The van der Waals surface area contributed by atoms with E-state index in [1.165, 1.54) is 24.3 Å². The van der Waals surface area contributed by atoms with Gasteiger partial charge in [0.15, 0.2) is 29.1 Å². The van der Waals surface area contributed by atoms with E-state index < -0.39 is 17.6 Å². The van der Waals surface area contributed by atoms with Gasteiger partial charge in [-0.05, 0) is 35.9 Å². The summed E-state index contributed by atoms with van der Waals surface area (Å²) in [6, 6.07) is 14.9. The summed E-state index contributed by atoms with van der Waals surface area (Å²) in [6.45, 7) is -0.279. The first-order chi connectivity index (χ1) is 15.4. The van der Waals surface area contributed by atoms with Crippen molar-refractivity contribution in [3.8, 4) is 40.1 Å². The van der Waals surface area contributed by atoms with Gasteiger partial charge in [-0.25, -0.2) is 0 Å². The molecule has 0 aliphatic carbocycles. The SMILES string of the molecule is O=c1cc(-c2ccc3c(c2)O[C@H](c2ccc(O)cc2)[C@@H](CO)O3)oc2cc(O)cc(O)c12. The Balaban J connectivity index is 1.56. The smallest absolute Gasteiger partial charge is 0.197 e. The molecule has 0 bridgehead atoms. The van der Waals surface area contributed by atoms with Crippen molar-refractivity contribution in [3.63, 3.8) is 0 Å². The molecule has 2 atom stereocenters. The van der Waals surface area contributed by atoms with Crippen molar-refractivity contribution in [2.75, 3.05) is 6.61 Å². The Morgan fingerprint density at radius 2 is 1.59 bits per heavy atom. The topological polar surface area (TPSA) is 130 Å². The van der Waals surface area contributed by atoms with Gasteiger partial charge in [0.05, 0.1) is 6.61 Å². The fourth-order valence-corrected chi connectivity index (χ4v) is 3.76. The van der Waals surface area contributed by atoms with Crippen LogP contribution in [0.1, 0.15) is 11.7 Å². The molecule has 1 aliphatic rings. The number of phenolic OH excluding ortho intramolecular Hbond substituents is 3. The predicted octanol–water partition coefficient (Wildman–Crippen LogP) is 3.45. The van der Waals surface area contributed by atoms with Crippen molar-refractivity contribution in [1.82, 2.24) is 0 Å². The number of ether oxygens (including phenoxy) is 2. The first-order valence-corrected chi connectivity index (χ1v) is 9.80. The molecule has 0 fully saturated rings. The monoisotopic (exact) mass is 434 g/mol. The van der Waals surface area contributed by atoms with E-state index in [4.69, 9.17) is 13.9 Å². The van der Waals surface area contributed by atoms with E-state index in [0.29, 0.717) is 22.6 Å². The Morgan fingerprint density at radius 3 is 2.34 bits per heavy atom. The zero-order chi connectivity index (χ0) is 22.4. The number of aliphatic hydroxyl groups is 1. The van der Waals surface area contributed by atoms with Gasteiger partial charge in [0.1, 0.15) is 34.0 Å². The summed E-state index contributed by atoms with van der Waals surface area (Å²) in [5.41, 5.74) is 0.806. The Labute approximate surface area is 181 Å². The number of aliphatic hydroxyl groups excluding tert-OH is 1. The molecule has 5 rings (SSSR count). The zero-order valence-electron chi connectivity index (χ0n) is 16.6. The largest absolute Gasteiger partial charge is 0.508 e. The first kappa shape index (κ1) is 19.8. The molecule has 0 unspecified atom stereocenters. The molecular formula is C24H18O8. The van der Waals surface area contributed by atoms with Gasteiger partial charge in [0.2, 0.25) is 0 Å². The molecule has 162 valence electrons. The molecule has 0 amide bonds. The van der Waals surface area contributed by atoms with Crippen LogP contribution in [0, 0.1) is 0 Å². The fraction of sp³-hybridized carbons (Fsp3) is 0.125. The maximum atomic E-state index is 12.5. The molecule has 4 N–H and O–H groups in total. The molecule has 8 nitrogen and oxygen atoms in total. The van der Waals surface area contributed by atoms with Gasteiger partial charge in [-0.1, -0.05) is 12.1 Å². The predicted molar refractivity (Wildman–Crippen MR) is 114 cm³/mol. The molecule has 2 heterocycles. The molecule has 0 radical (unpaired) electrons. The minimum Gasteiger partial charge on any atom is -0.508 e. The van der Waals surface area contributed by atoms with Crippen LogP contribution in [0.15, 0.2) is 69.9 Å².